The van der Waals surface area contributed by atoms with E-state index in [9.17, 15) is 9.59 Å². The van der Waals surface area contributed by atoms with Crippen molar-refractivity contribution in [3.05, 3.63) is 29.8 Å². The summed E-state index contributed by atoms with van der Waals surface area (Å²) in [4.78, 5) is 24.9. The molecule has 0 fully saturated rings. The Balaban J connectivity index is 2.39. The minimum Gasteiger partial charge on any atom is -0.497 e. The molecule has 1 aromatic carbocycles. The van der Waals surface area contributed by atoms with Gasteiger partial charge in [-0.1, -0.05) is 12.1 Å². The molecule has 128 valence electrons. The molecule has 0 atom stereocenters. The van der Waals surface area contributed by atoms with Crippen LogP contribution in [0.25, 0.3) is 0 Å². The summed E-state index contributed by atoms with van der Waals surface area (Å²) in [5.41, 5.74) is 1.14. The average molecular weight is 321 g/mol. The molecule has 0 aliphatic carbocycles. The van der Waals surface area contributed by atoms with Crippen LogP contribution in [0.5, 0.6) is 5.75 Å². The lowest BCUT2D eigenvalue weighted by Gasteiger charge is -2.21. The van der Waals surface area contributed by atoms with Gasteiger partial charge in [-0.15, -0.1) is 0 Å². The highest BCUT2D eigenvalue weighted by Gasteiger charge is 2.09. The van der Waals surface area contributed by atoms with Crippen LogP contribution in [-0.4, -0.2) is 49.6 Å². The Kier molecular flexibility index (Phi) is 7.94. The molecule has 2 N–H and O–H groups in total. The Bertz CT molecular complexity index is 500. The molecule has 0 saturated heterocycles. The summed E-state index contributed by atoms with van der Waals surface area (Å²) in [5.74, 6) is 0.821. The second kappa shape index (κ2) is 9.71. The van der Waals surface area contributed by atoms with Crippen molar-refractivity contribution < 1.29 is 14.3 Å². The number of hydrogen-bond acceptors (Lipinski definition) is 3. The Labute approximate surface area is 138 Å². The Morgan fingerprint density at radius 3 is 2.35 bits per heavy atom. The smallest absolute Gasteiger partial charge is 0.315 e. The zero-order valence-corrected chi connectivity index (χ0v) is 14.4. The standard InChI is InChI=1S/C17H27N3O3/c1-13(2)19-17(22)18-10-12-20(14(3)21)11-9-15-5-7-16(23-4)8-6-15/h5-8,13H,9-12H2,1-4H3,(H2,18,19,22). The number of benzene rings is 1. The van der Waals surface area contributed by atoms with Gasteiger partial charge in [0.15, 0.2) is 0 Å². The number of nitrogens with one attached hydrogen (secondary N) is 2. The number of amides is 3. The minimum absolute atomic E-state index is 0.00424. The average Bonchev–Trinajstić information content (AvgIpc) is 2.50. The van der Waals surface area contributed by atoms with Crippen LogP contribution in [-0.2, 0) is 11.2 Å². The van der Waals surface area contributed by atoms with Gasteiger partial charge in [0.2, 0.25) is 5.91 Å². The molecule has 0 aliphatic rings. The lowest BCUT2D eigenvalue weighted by atomic mass is 10.1. The SMILES string of the molecule is COc1ccc(CCN(CCNC(=O)NC(C)C)C(C)=O)cc1. The topological polar surface area (TPSA) is 70.7 Å². The first kappa shape index (κ1) is 18.8. The van der Waals surface area contributed by atoms with Gasteiger partial charge in [-0.05, 0) is 38.0 Å². The van der Waals surface area contributed by atoms with Crippen LogP contribution < -0.4 is 15.4 Å². The number of rotatable bonds is 8. The van der Waals surface area contributed by atoms with Gasteiger partial charge in [-0.2, -0.15) is 0 Å². The summed E-state index contributed by atoms with van der Waals surface area (Å²) >= 11 is 0. The molecule has 6 heteroatoms. The van der Waals surface area contributed by atoms with Crippen LogP contribution in [0.3, 0.4) is 0 Å². The van der Waals surface area contributed by atoms with E-state index in [2.05, 4.69) is 10.6 Å². The molecule has 0 spiro atoms. The number of carbonyl (C=O) groups is 2. The van der Waals surface area contributed by atoms with Crippen LogP contribution in [0.2, 0.25) is 0 Å². The van der Waals surface area contributed by atoms with Crippen LogP contribution in [0.1, 0.15) is 26.3 Å². The molecule has 0 aliphatic heterocycles. The number of hydrogen-bond donors (Lipinski definition) is 2. The third kappa shape index (κ3) is 7.54. The van der Waals surface area contributed by atoms with Gasteiger partial charge in [-0.25, -0.2) is 4.79 Å². The fourth-order valence-electron chi connectivity index (χ4n) is 2.10. The lowest BCUT2D eigenvalue weighted by Crippen LogP contribution is -2.44. The van der Waals surface area contributed by atoms with Gasteiger partial charge >= 0.3 is 6.03 Å². The maximum absolute atomic E-state index is 11.7. The van der Waals surface area contributed by atoms with Crippen molar-refractivity contribution in [2.75, 3.05) is 26.7 Å². The maximum Gasteiger partial charge on any atom is 0.315 e. The summed E-state index contributed by atoms with van der Waals surface area (Å²) in [5, 5.41) is 5.50. The van der Waals surface area contributed by atoms with E-state index < -0.39 is 0 Å². The summed E-state index contributed by atoms with van der Waals surface area (Å²) in [6.07, 6.45) is 0.766. The Morgan fingerprint density at radius 2 is 1.83 bits per heavy atom. The molecule has 0 aromatic heterocycles. The molecular weight excluding hydrogens is 294 g/mol. The van der Waals surface area contributed by atoms with E-state index in [0.29, 0.717) is 19.6 Å². The van der Waals surface area contributed by atoms with E-state index in [1.165, 1.54) is 0 Å². The monoisotopic (exact) mass is 321 g/mol. The van der Waals surface area contributed by atoms with Crippen molar-refractivity contribution in [1.82, 2.24) is 15.5 Å². The van der Waals surface area contributed by atoms with Gasteiger partial charge in [0.25, 0.3) is 0 Å². The van der Waals surface area contributed by atoms with E-state index >= 15 is 0 Å². The number of urea groups is 1. The van der Waals surface area contributed by atoms with E-state index in [-0.39, 0.29) is 18.0 Å². The van der Waals surface area contributed by atoms with Crippen molar-refractivity contribution in [2.45, 2.75) is 33.2 Å². The molecule has 3 amide bonds. The fourth-order valence-corrected chi connectivity index (χ4v) is 2.10. The van der Waals surface area contributed by atoms with Gasteiger partial charge in [0.1, 0.15) is 5.75 Å². The second-order valence-corrected chi connectivity index (χ2v) is 5.66. The van der Waals surface area contributed by atoms with Crippen molar-refractivity contribution in [3.63, 3.8) is 0 Å². The molecule has 0 heterocycles. The lowest BCUT2D eigenvalue weighted by molar-refractivity contribution is -0.128. The molecule has 23 heavy (non-hydrogen) atoms. The van der Waals surface area contributed by atoms with E-state index in [0.717, 1.165) is 17.7 Å². The highest BCUT2D eigenvalue weighted by atomic mass is 16.5. The largest absolute Gasteiger partial charge is 0.497 e. The Hall–Kier alpha value is -2.24. The number of ether oxygens (including phenoxy) is 1. The molecule has 0 saturated carbocycles. The fraction of sp³-hybridized carbons (Fsp3) is 0.529. The summed E-state index contributed by atoms with van der Waals surface area (Å²) < 4.78 is 5.13. The predicted molar refractivity (Wildman–Crippen MR) is 90.6 cm³/mol. The van der Waals surface area contributed by atoms with Crippen LogP contribution in [0.4, 0.5) is 4.79 Å². The number of methoxy groups -OCH3 is 1. The molecule has 1 rings (SSSR count). The first-order valence-corrected chi connectivity index (χ1v) is 7.85. The third-order valence-electron chi connectivity index (χ3n) is 3.36. The van der Waals surface area contributed by atoms with Crippen molar-refractivity contribution in [3.8, 4) is 5.75 Å². The Morgan fingerprint density at radius 1 is 1.17 bits per heavy atom. The molecule has 1 aromatic rings. The summed E-state index contributed by atoms with van der Waals surface area (Å²) in [7, 11) is 1.63. The molecule has 6 nitrogen and oxygen atoms in total. The molecular formula is C17H27N3O3. The highest BCUT2D eigenvalue weighted by Crippen LogP contribution is 2.12. The summed E-state index contributed by atoms with van der Waals surface area (Å²) in [6, 6.07) is 7.68. The highest BCUT2D eigenvalue weighted by molar-refractivity contribution is 5.75. The van der Waals surface area contributed by atoms with E-state index in [4.69, 9.17) is 4.74 Å². The minimum atomic E-state index is -0.210. The maximum atomic E-state index is 11.7. The van der Waals surface area contributed by atoms with Crippen molar-refractivity contribution in [1.29, 1.82) is 0 Å². The number of carbonyl (C=O) groups excluding carboxylic acids is 2. The van der Waals surface area contributed by atoms with Crippen molar-refractivity contribution in [2.24, 2.45) is 0 Å². The molecule has 0 bridgehead atoms. The molecule has 0 unspecified atom stereocenters. The van der Waals surface area contributed by atoms with E-state index in [1.54, 1.807) is 18.9 Å². The number of nitrogens with zero attached hydrogens (tertiary/aromatic N) is 1. The predicted octanol–water partition coefficient (Wildman–Crippen LogP) is 1.79. The van der Waals surface area contributed by atoms with Crippen LogP contribution in [0, 0.1) is 0 Å². The quantitative estimate of drug-likeness (QED) is 0.767. The van der Waals surface area contributed by atoms with Gasteiger partial charge in [-0.3, -0.25) is 4.79 Å². The van der Waals surface area contributed by atoms with Crippen LogP contribution in [0.15, 0.2) is 24.3 Å². The van der Waals surface area contributed by atoms with Gasteiger partial charge < -0.3 is 20.3 Å². The summed E-state index contributed by atoms with van der Waals surface area (Å²) in [6.45, 7) is 6.89. The van der Waals surface area contributed by atoms with Crippen LogP contribution >= 0.6 is 0 Å². The van der Waals surface area contributed by atoms with Crippen molar-refractivity contribution >= 4 is 11.9 Å². The van der Waals surface area contributed by atoms with Gasteiger partial charge in [0.05, 0.1) is 7.11 Å². The zero-order chi connectivity index (χ0) is 17.2. The molecule has 0 radical (unpaired) electrons. The zero-order valence-electron chi connectivity index (χ0n) is 14.4. The first-order chi connectivity index (χ1) is 10.9. The first-order valence-electron chi connectivity index (χ1n) is 7.85. The van der Waals surface area contributed by atoms with Gasteiger partial charge in [0, 0.05) is 32.6 Å². The van der Waals surface area contributed by atoms with E-state index in [1.807, 2.05) is 38.1 Å². The second-order valence-electron chi connectivity index (χ2n) is 5.66. The normalized spacial score (nSPS) is 10.3. The third-order valence-corrected chi connectivity index (χ3v) is 3.36.